The molecule has 1 saturated heterocycles. The van der Waals surface area contributed by atoms with E-state index < -0.39 is 8.80 Å². The number of aliphatic hydroxyl groups is 1. The lowest BCUT2D eigenvalue weighted by molar-refractivity contribution is -0.0457. The van der Waals surface area contributed by atoms with Gasteiger partial charge in [0.05, 0.1) is 19.3 Å². The number of nitrogens with zero attached hydrogens (tertiary/aromatic N) is 1. The Labute approximate surface area is 154 Å². The van der Waals surface area contributed by atoms with Gasteiger partial charge in [-0.05, 0) is 52.4 Å². The molecule has 0 aromatic rings. The molecule has 6 nitrogen and oxygen atoms in total. The summed E-state index contributed by atoms with van der Waals surface area (Å²) in [5.74, 6) is 0.601. The first-order valence-electron chi connectivity index (χ1n) is 10.1. The fourth-order valence-electron chi connectivity index (χ4n) is 4.16. The highest BCUT2D eigenvalue weighted by atomic mass is 28.4. The summed E-state index contributed by atoms with van der Waals surface area (Å²) >= 11 is 0. The minimum absolute atomic E-state index is 0.206. The molecule has 1 saturated carbocycles. The van der Waals surface area contributed by atoms with Gasteiger partial charge < -0.3 is 23.1 Å². The first kappa shape index (κ1) is 21.3. The summed E-state index contributed by atoms with van der Waals surface area (Å²) in [5.41, 5.74) is 0. The Hall–Kier alpha value is -0.0231. The molecular formula is C18H37NO5Si. The molecule has 3 unspecified atom stereocenters. The number of ether oxygens (including phenoxy) is 1. The van der Waals surface area contributed by atoms with Crippen molar-refractivity contribution in [3.05, 3.63) is 0 Å². The highest BCUT2D eigenvalue weighted by molar-refractivity contribution is 6.60. The summed E-state index contributed by atoms with van der Waals surface area (Å²) < 4.78 is 23.4. The minimum Gasteiger partial charge on any atom is -0.391 e. The second-order valence-electron chi connectivity index (χ2n) is 6.98. The van der Waals surface area contributed by atoms with Crippen LogP contribution in [0.4, 0.5) is 0 Å². The van der Waals surface area contributed by atoms with Crippen LogP contribution in [0, 0.1) is 5.92 Å². The van der Waals surface area contributed by atoms with Crippen LogP contribution in [-0.4, -0.2) is 77.1 Å². The standard InChI is InChI=1S/C18H37NO5Si/c1-4-22-25(23-5-2,24-6-3)14-9-16-7-8-18(20)17(15-16)19-10-12-21-13-11-19/h16-18,20H,4-15H2,1-3H3. The fourth-order valence-corrected chi connectivity index (χ4v) is 6.93. The van der Waals surface area contributed by atoms with Gasteiger partial charge in [0.15, 0.2) is 0 Å². The first-order valence-corrected chi connectivity index (χ1v) is 12.0. The predicted octanol–water partition coefficient (Wildman–Crippen LogP) is 2.29. The van der Waals surface area contributed by atoms with Crippen LogP contribution < -0.4 is 0 Å². The molecule has 0 spiro atoms. The quantitative estimate of drug-likeness (QED) is 0.591. The monoisotopic (exact) mass is 375 g/mol. The van der Waals surface area contributed by atoms with E-state index in [1.54, 1.807) is 0 Å². The van der Waals surface area contributed by atoms with Gasteiger partial charge in [-0.3, -0.25) is 4.90 Å². The molecule has 0 radical (unpaired) electrons. The summed E-state index contributed by atoms with van der Waals surface area (Å²) in [6.45, 7) is 11.3. The van der Waals surface area contributed by atoms with E-state index in [2.05, 4.69) is 4.90 Å². The summed E-state index contributed by atoms with van der Waals surface area (Å²) in [5, 5.41) is 10.5. The molecule has 0 aromatic carbocycles. The van der Waals surface area contributed by atoms with Crippen molar-refractivity contribution in [3.63, 3.8) is 0 Å². The Balaban J connectivity index is 1.91. The Morgan fingerprint density at radius 2 is 1.60 bits per heavy atom. The van der Waals surface area contributed by atoms with Crippen molar-refractivity contribution in [1.29, 1.82) is 0 Å². The van der Waals surface area contributed by atoms with Crippen molar-refractivity contribution < 1.29 is 23.1 Å². The number of hydrogen-bond donors (Lipinski definition) is 1. The third-order valence-electron chi connectivity index (χ3n) is 5.36. The summed E-state index contributed by atoms with van der Waals surface area (Å²) in [6, 6.07) is 1.14. The maximum Gasteiger partial charge on any atom is 0.500 e. The molecule has 1 N–H and O–H groups in total. The smallest absolute Gasteiger partial charge is 0.391 e. The van der Waals surface area contributed by atoms with Gasteiger partial charge in [0, 0.05) is 45.0 Å². The molecule has 1 aliphatic carbocycles. The topological polar surface area (TPSA) is 60.4 Å². The van der Waals surface area contributed by atoms with Gasteiger partial charge in [-0.1, -0.05) is 0 Å². The van der Waals surface area contributed by atoms with Gasteiger partial charge >= 0.3 is 8.80 Å². The number of morpholine rings is 1. The normalized spacial score (nSPS) is 29.0. The lowest BCUT2D eigenvalue weighted by Gasteiger charge is -2.42. The van der Waals surface area contributed by atoms with Gasteiger partial charge in [-0.25, -0.2) is 0 Å². The Bertz CT molecular complexity index is 350. The SMILES string of the molecule is CCO[Si](CCC1CCC(O)C(N2CCOCC2)C1)(OCC)OCC. The third kappa shape index (κ3) is 6.27. The van der Waals surface area contributed by atoms with Crippen LogP contribution in [0.1, 0.15) is 46.5 Å². The second kappa shape index (κ2) is 11.0. The van der Waals surface area contributed by atoms with Crippen molar-refractivity contribution >= 4 is 8.80 Å². The van der Waals surface area contributed by atoms with Crippen LogP contribution in [0.5, 0.6) is 0 Å². The van der Waals surface area contributed by atoms with Gasteiger partial charge in [0.25, 0.3) is 0 Å². The highest BCUT2D eigenvalue weighted by Gasteiger charge is 2.42. The number of hydrogen-bond acceptors (Lipinski definition) is 6. The average Bonchev–Trinajstić information content (AvgIpc) is 2.62. The lowest BCUT2D eigenvalue weighted by atomic mass is 9.81. The molecule has 2 fully saturated rings. The molecule has 2 rings (SSSR count). The van der Waals surface area contributed by atoms with Crippen molar-refractivity contribution in [2.75, 3.05) is 46.1 Å². The van der Waals surface area contributed by atoms with Gasteiger partial charge in [-0.15, -0.1) is 0 Å². The van der Waals surface area contributed by atoms with E-state index in [1.807, 2.05) is 20.8 Å². The van der Waals surface area contributed by atoms with E-state index in [0.29, 0.717) is 25.7 Å². The zero-order valence-corrected chi connectivity index (χ0v) is 17.2. The number of rotatable bonds is 10. The molecule has 0 bridgehead atoms. The second-order valence-corrected chi connectivity index (χ2v) is 9.71. The molecule has 3 atom stereocenters. The largest absolute Gasteiger partial charge is 0.500 e. The Kier molecular flexibility index (Phi) is 9.33. The van der Waals surface area contributed by atoms with E-state index >= 15 is 0 Å². The zero-order chi connectivity index (χ0) is 18.1. The van der Waals surface area contributed by atoms with Crippen LogP contribution >= 0.6 is 0 Å². The van der Waals surface area contributed by atoms with Crippen LogP contribution in [0.2, 0.25) is 6.04 Å². The molecule has 1 heterocycles. The van der Waals surface area contributed by atoms with E-state index in [0.717, 1.165) is 58.0 Å². The molecule has 2 aliphatic rings. The number of aliphatic hydroxyl groups excluding tert-OH is 1. The zero-order valence-electron chi connectivity index (χ0n) is 16.2. The minimum atomic E-state index is -2.55. The van der Waals surface area contributed by atoms with Crippen LogP contribution in [0.25, 0.3) is 0 Å². The van der Waals surface area contributed by atoms with Gasteiger partial charge in [0.2, 0.25) is 0 Å². The van der Waals surface area contributed by atoms with Crippen molar-refractivity contribution in [1.82, 2.24) is 4.90 Å². The summed E-state index contributed by atoms with van der Waals surface area (Å²) in [6.07, 6.45) is 3.87. The molecule has 0 amide bonds. The van der Waals surface area contributed by atoms with E-state index in [-0.39, 0.29) is 12.1 Å². The molecule has 148 valence electrons. The molecule has 7 heteroatoms. The van der Waals surface area contributed by atoms with E-state index in [1.165, 1.54) is 0 Å². The third-order valence-corrected chi connectivity index (χ3v) is 8.44. The van der Waals surface area contributed by atoms with E-state index in [9.17, 15) is 5.11 Å². The molecular weight excluding hydrogens is 338 g/mol. The highest BCUT2D eigenvalue weighted by Crippen LogP contribution is 2.33. The van der Waals surface area contributed by atoms with Gasteiger partial charge in [-0.2, -0.15) is 0 Å². The predicted molar refractivity (Wildman–Crippen MR) is 99.6 cm³/mol. The average molecular weight is 376 g/mol. The molecule has 25 heavy (non-hydrogen) atoms. The summed E-state index contributed by atoms with van der Waals surface area (Å²) in [4.78, 5) is 2.42. The fraction of sp³-hybridized carbons (Fsp3) is 1.00. The van der Waals surface area contributed by atoms with Crippen molar-refractivity contribution in [3.8, 4) is 0 Å². The maximum absolute atomic E-state index is 10.5. The first-order chi connectivity index (χ1) is 12.1. The Morgan fingerprint density at radius 3 is 2.16 bits per heavy atom. The van der Waals surface area contributed by atoms with Crippen LogP contribution in [-0.2, 0) is 18.0 Å². The maximum atomic E-state index is 10.5. The van der Waals surface area contributed by atoms with Crippen LogP contribution in [0.15, 0.2) is 0 Å². The van der Waals surface area contributed by atoms with Crippen molar-refractivity contribution in [2.45, 2.75) is 64.6 Å². The van der Waals surface area contributed by atoms with Gasteiger partial charge in [0.1, 0.15) is 0 Å². The summed E-state index contributed by atoms with van der Waals surface area (Å²) in [7, 11) is -2.55. The van der Waals surface area contributed by atoms with E-state index in [4.69, 9.17) is 18.0 Å². The van der Waals surface area contributed by atoms with Crippen molar-refractivity contribution in [2.24, 2.45) is 5.92 Å². The lowest BCUT2D eigenvalue weighted by Crippen LogP contribution is -2.52. The Morgan fingerprint density at radius 1 is 1.00 bits per heavy atom. The molecule has 1 aliphatic heterocycles. The molecule has 0 aromatic heterocycles. The van der Waals surface area contributed by atoms with Crippen LogP contribution in [0.3, 0.4) is 0 Å².